The summed E-state index contributed by atoms with van der Waals surface area (Å²) in [4.78, 5) is 38.2. The molecule has 0 saturated heterocycles. The normalized spacial score (nSPS) is 12.5. The summed E-state index contributed by atoms with van der Waals surface area (Å²) in [6, 6.07) is 0. The minimum absolute atomic E-state index is 0.0908. The van der Waals surface area contributed by atoms with Crippen LogP contribution in [-0.4, -0.2) is 37.2 Å². The molecule has 0 aliphatic heterocycles. The zero-order chi connectivity index (χ0) is 51.4. The van der Waals surface area contributed by atoms with Crippen LogP contribution in [0.4, 0.5) is 0 Å². The SMILES string of the molecule is CC/C=C\C/C=C\C/C=C\C/C=C\CCCCC(=O)O[C@H](COC(=O)CCCCCCCCCCC/C=C\C/C=C\CCCCC)COC(=O)CCCCCCCCCCCCCCCCCCCCC. The van der Waals surface area contributed by atoms with Crippen LogP contribution in [0, 0.1) is 0 Å². The maximum absolute atomic E-state index is 12.9. The van der Waals surface area contributed by atoms with Gasteiger partial charge in [-0.25, -0.2) is 0 Å². The fraction of sp³-hybridized carbons (Fsp3) is 0.769. The summed E-state index contributed by atoms with van der Waals surface area (Å²) in [5.41, 5.74) is 0. The second-order valence-corrected chi connectivity index (χ2v) is 20.2. The van der Waals surface area contributed by atoms with Crippen molar-refractivity contribution in [3.05, 3.63) is 72.9 Å². The highest BCUT2D eigenvalue weighted by Crippen LogP contribution is 2.17. The number of carbonyl (C=O) groups excluding carboxylic acids is 3. The number of unbranched alkanes of at least 4 members (excludes halogenated alkanes) is 32. The first-order valence-electron chi connectivity index (χ1n) is 30.4. The van der Waals surface area contributed by atoms with Crippen LogP contribution in [0.3, 0.4) is 0 Å². The van der Waals surface area contributed by atoms with Gasteiger partial charge in [-0.15, -0.1) is 0 Å². The van der Waals surface area contributed by atoms with E-state index in [4.69, 9.17) is 14.2 Å². The molecule has 0 aromatic rings. The smallest absolute Gasteiger partial charge is 0.306 e. The molecule has 0 unspecified atom stereocenters. The van der Waals surface area contributed by atoms with Gasteiger partial charge in [-0.2, -0.15) is 0 Å². The molecule has 0 rings (SSSR count). The summed E-state index contributed by atoms with van der Waals surface area (Å²) in [5, 5.41) is 0. The van der Waals surface area contributed by atoms with Gasteiger partial charge in [-0.3, -0.25) is 14.4 Å². The summed E-state index contributed by atoms with van der Waals surface area (Å²) < 4.78 is 16.9. The van der Waals surface area contributed by atoms with Crippen LogP contribution in [-0.2, 0) is 28.6 Å². The van der Waals surface area contributed by atoms with Gasteiger partial charge in [0.25, 0.3) is 0 Å². The molecule has 0 radical (unpaired) electrons. The molecule has 1 atom stereocenters. The third-order valence-corrected chi connectivity index (χ3v) is 13.2. The molecular weight excluding hydrogens is 877 g/mol. The summed E-state index contributed by atoms with van der Waals surface area (Å²) >= 11 is 0. The molecule has 0 saturated carbocycles. The number of rotatable bonds is 55. The standard InChI is InChI=1S/C65H114O6/c1-4-7-10-13-16-19-22-25-28-30-32-34-37-39-42-45-48-51-54-57-63(66)69-60-62(71-65(68)59-56-53-50-47-44-41-36-27-24-21-18-15-12-9-6-3)61-70-64(67)58-55-52-49-46-43-40-38-35-33-31-29-26-23-20-17-14-11-8-5-2/h9,12,16,18-19,21,25,27-28,36,44,47,62H,4-8,10-11,13-15,17,20,22-24,26,29-35,37-43,45-46,48-61H2,1-3H3/b12-9-,19-16-,21-18-,28-25-,36-27-,47-44-/t62-/m1/s1. The summed E-state index contributed by atoms with van der Waals surface area (Å²) in [6.07, 6.45) is 76.2. The van der Waals surface area contributed by atoms with E-state index >= 15 is 0 Å². The average molecular weight is 992 g/mol. The van der Waals surface area contributed by atoms with Gasteiger partial charge in [-0.05, 0) is 89.9 Å². The lowest BCUT2D eigenvalue weighted by Crippen LogP contribution is -2.30. The van der Waals surface area contributed by atoms with E-state index in [-0.39, 0.29) is 37.5 Å². The Hall–Kier alpha value is -3.15. The predicted octanol–water partition coefficient (Wildman–Crippen LogP) is 20.5. The van der Waals surface area contributed by atoms with Gasteiger partial charge in [-0.1, -0.05) is 267 Å². The fourth-order valence-electron chi connectivity index (χ4n) is 8.64. The maximum atomic E-state index is 12.9. The lowest BCUT2D eigenvalue weighted by atomic mass is 10.0. The molecule has 0 bridgehead atoms. The minimum Gasteiger partial charge on any atom is -0.462 e. The molecule has 6 heteroatoms. The average Bonchev–Trinajstić information content (AvgIpc) is 3.37. The van der Waals surface area contributed by atoms with Crippen LogP contribution in [0.5, 0.6) is 0 Å². The lowest BCUT2D eigenvalue weighted by Gasteiger charge is -2.18. The Morgan fingerprint density at radius 2 is 0.549 bits per heavy atom. The molecule has 0 aliphatic carbocycles. The zero-order valence-corrected chi connectivity index (χ0v) is 47.0. The number of hydrogen-bond donors (Lipinski definition) is 0. The zero-order valence-electron chi connectivity index (χ0n) is 47.0. The number of carbonyl (C=O) groups is 3. The summed E-state index contributed by atoms with van der Waals surface area (Å²) in [7, 11) is 0. The second kappa shape index (κ2) is 59.4. The second-order valence-electron chi connectivity index (χ2n) is 20.2. The molecule has 0 fully saturated rings. The van der Waals surface area contributed by atoms with E-state index in [1.54, 1.807) is 0 Å². The predicted molar refractivity (Wildman–Crippen MR) is 307 cm³/mol. The van der Waals surface area contributed by atoms with E-state index in [0.717, 1.165) is 83.5 Å². The largest absolute Gasteiger partial charge is 0.462 e. The first kappa shape index (κ1) is 67.8. The van der Waals surface area contributed by atoms with Crippen molar-refractivity contribution in [2.24, 2.45) is 0 Å². The van der Waals surface area contributed by atoms with Crippen LogP contribution >= 0.6 is 0 Å². The highest BCUT2D eigenvalue weighted by Gasteiger charge is 2.19. The Morgan fingerprint density at radius 1 is 0.296 bits per heavy atom. The molecule has 0 aliphatic rings. The van der Waals surface area contributed by atoms with E-state index < -0.39 is 6.10 Å². The van der Waals surface area contributed by atoms with Crippen molar-refractivity contribution < 1.29 is 28.6 Å². The van der Waals surface area contributed by atoms with Crippen LogP contribution < -0.4 is 0 Å². The Bertz CT molecular complexity index is 1320. The first-order chi connectivity index (χ1) is 35.0. The number of ether oxygens (including phenoxy) is 3. The third-order valence-electron chi connectivity index (χ3n) is 13.2. The van der Waals surface area contributed by atoms with Crippen LogP contribution in [0.2, 0.25) is 0 Å². The first-order valence-corrected chi connectivity index (χ1v) is 30.4. The van der Waals surface area contributed by atoms with E-state index in [1.807, 2.05) is 0 Å². The molecule has 410 valence electrons. The number of esters is 3. The fourth-order valence-corrected chi connectivity index (χ4v) is 8.64. The van der Waals surface area contributed by atoms with Gasteiger partial charge in [0.1, 0.15) is 13.2 Å². The molecular formula is C65H114O6. The van der Waals surface area contributed by atoms with Crippen LogP contribution in [0.1, 0.15) is 303 Å². The summed E-state index contributed by atoms with van der Waals surface area (Å²) in [6.45, 7) is 6.50. The van der Waals surface area contributed by atoms with Gasteiger partial charge < -0.3 is 14.2 Å². The highest BCUT2D eigenvalue weighted by molar-refractivity contribution is 5.71. The highest BCUT2D eigenvalue weighted by atomic mass is 16.6. The Labute approximate surface area is 440 Å². The molecule has 0 amide bonds. The molecule has 0 aromatic carbocycles. The van der Waals surface area contributed by atoms with Gasteiger partial charge >= 0.3 is 17.9 Å². The molecule has 71 heavy (non-hydrogen) atoms. The van der Waals surface area contributed by atoms with Crippen molar-refractivity contribution in [1.82, 2.24) is 0 Å². The van der Waals surface area contributed by atoms with Crippen LogP contribution in [0.15, 0.2) is 72.9 Å². The maximum Gasteiger partial charge on any atom is 0.306 e. The van der Waals surface area contributed by atoms with Gasteiger partial charge in [0, 0.05) is 19.3 Å². The van der Waals surface area contributed by atoms with E-state index in [1.165, 1.54) is 173 Å². The topological polar surface area (TPSA) is 78.9 Å². The van der Waals surface area contributed by atoms with Crippen molar-refractivity contribution in [3.63, 3.8) is 0 Å². The number of hydrogen-bond acceptors (Lipinski definition) is 6. The molecule has 6 nitrogen and oxygen atoms in total. The van der Waals surface area contributed by atoms with E-state index in [2.05, 4.69) is 93.7 Å². The van der Waals surface area contributed by atoms with Crippen LogP contribution in [0.25, 0.3) is 0 Å². The Balaban J connectivity index is 4.38. The van der Waals surface area contributed by atoms with Crippen molar-refractivity contribution >= 4 is 17.9 Å². The molecule has 0 aromatic heterocycles. The monoisotopic (exact) mass is 991 g/mol. The van der Waals surface area contributed by atoms with Gasteiger partial charge in [0.2, 0.25) is 0 Å². The van der Waals surface area contributed by atoms with Gasteiger partial charge in [0.05, 0.1) is 0 Å². The van der Waals surface area contributed by atoms with E-state index in [9.17, 15) is 14.4 Å². The Morgan fingerprint density at radius 3 is 0.915 bits per heavy atom. The third kappa shape index (κ3) is 57.6. The Kier molecular flexibility index (Phi) is 56.8. The quantitative estimate of drug-likeness (QED) is 0.0261. The van der Waals surface area contributed by atoms with Crippen molar-refractivity contribution in [2.75, 3.05) is 13.2 Å². The van der Waals surface area contributed by atoms with Gasteiger partial charge in [0.15, 0.2) is 6.10 Å². The lowest BCUT2D eigenvalue weighted by molar-refractivity contribution is -0.167. The van der Waals surface area contributed by atoms with Crippen molar-refractivity contribution in [3.8, 4) is 0 Å². The minimum atomic E-state index is -0.798. The van der Waals surface area contributed by atoms with Crippen molar-refractivity contribution in [1.29, 1.82) is 0 Å². The molecule has 0 heterocycles. The molecule has 0 spiro atoms. The number of allylic oxidation sites excluding steroid dienone is 12. The van der Waals surface area contributed by atoms with Crippen molar-refractivity contribution in [2.45, 2.75) is 309 Å². The molecule has 0 N–H and O–H groups in total. The summed E-state index contributed by atoms with van der Waals surface area (Å²) in [5.74, 6) is -0.924. The van der Waals surface area contributed by atoms with E-state index in [0.29, 0.717) is 19.3 Å².